The number of carbonyl (C=O) groups is 2. The summed E-state index contributed by atoms with van der Waals surface area (Å²) in [7, 11) is -3.73. The van der Waals surface area contributed by atoms with Crippen molar-refractivity contribution in [3.8, 4) is 0 Å². The maximum Gasteiger partial charge on any atom is 0.185 e. The Morgan fingerprint density at radius 1 is 0.946 bits per heavy atom. The van der Waals surface area contributed by atoms with Crippen molar-refractivity contribution in [2.75, 3.05) is 0 Å². The molecule has 0 amide bonds. The van der Waals surface area contributed by atoms with Gasteiger partial charge < -0.3 is 0 Å². The highest BCUT2D eigenvalue weighted by Gasteiger charge is 2.42. The van der Waals surface area contributed by atoms with Gasteiger partial charge in [0, 0.05) is 6.42 Å². The third-order valence-corrected chi connectivity index (χ3v) is 8.92. The van der Waals surface area contributed by atoms with Crippen LogP contribution in [-0.2, 0) is 19.4 Å². The van der Waals surface area contributed by atoms with Gasteiger partial charge in [-0.05, 0) is 81.7 Å². The van der Waals surface area contributed by atoms with Gasteiger partial charge in [-0.1, -0.05) is 85.2 Å². The largest absolute Gasteiger partial charge is 0.298 e. The number of ketones is 1. The summed E-state index contributed by atoms with van der Waals surface area (Å²) >= 11 is 0. The maximum atomic E-state index is 14.0. The lowest BCUT2D eigenvalue weighted by molar-refractivity contribution is -0.116. The van der Waals surface area contributed by atoms with Gasteiger partial charge in [-0.15, -0.1) is 0 Å². The third kappa shape index (κ3) is 8.22. The van der Waals surface area contributed by atoms with Gasteiger partial charge in [0.15, 0.2) is 15.6 Å². The van der Waals surface area contributed by atoms with Gasteiger partial charge in [-0.25, -0.2) is 8.42 Å². The topological polar surface area (TPSA) is 68.3 Å². The second kappa shape index (κ2) is 13.0. The number of aldehydes is 1. The second-order valence-corrected chi connectivity index (χ2v) is 12.7. The van der Waals surface area contributed by atoms with Crippen LogP contribution in [0, 0.1) is 12.3 Å². The molecule has 1 unspecified atom stereocenters. The van der Waals surface area contributed by atoms with E-state index in [0.29, 0.717) is 30.4 Å². The molecule has 0 aliphatic heterocycles. The molecule has 1 aliphatic rings. The van der Waals surface area contributed by atoms with Gasteiger partial charge in [0.25, 0.3) is 0 Å². The molecule has 37 heavy (non-hydrogen) atoms. The fraction of sp³-hybridized carbons (Fsp3) is 0.375. The van der Waals surface area contributed by atoms with Gasteiger partial charge in [0.05, 0.1) is 10.1 Å². The number of allylic oxidation sites excluding steroid dienone is 11. The zero-order valence-corrected chi connectivity index (χ0v) is 24.0. The van der Waals surface area contributed by atoms with E-state index in [-0.39, 0.29) is 10.7 Å². The molecule has 4 nitrogen and oxygen atoms in total. The van der Waals surface area contributed by atoms with Crippen LogP contribution in [-0.4, -0.2) is 25.7 Å². The van der Waals surface area contributed by atoms with E-state index in [1.54, 1.807) is 32.1 Å². The van der Waals surface area contributed by atoms with E-state index in [1.807, 2.05) is 83.2 Å². The Hall–Kier alpha value is -3.05. The number of aryl methyl sites for hydroxylation is 1. The molecule has 0 N–H and O–H groups in total. The zero-order valence-electron chi connectivity index (χ0n) is 23.2. The van der Waals surface area contributed by atoms with Crippen LogP contribution in [0.1, 0.15) is 66.4 Å². The molecule has 5 heteroatoms. The summed E-state index contributed by atoms with van der Waals surface area (Å²) < 4.78 is 28.0. The standard InChI is InChI=1S/C32H40O4S/c1-23(11-8-9-12-26(4)22-33)13-10-14-25(3)21-30(31-27(5)29(34)19-20-32(31,6)7)37(35,36)28-17-15-24(2)16-18-28/h8-18,22,30H,19-21H2,1-7H3. The van der Waals surface area contributed by atoms with Crippen LogP contribution < -0.4 is 0 Å². The molecule has 1 atom stereocenters. The van der Waals surface area contributed by atoms with Crippen LogP contribution in [0.4, 0.5) is 0 Å². The lowest BCUT2D eigenvalue weighted by atomic mass is 9.70. The lowest BCUT2D eigenvalue weighted by Crippen LogP contribution is -2.37. The van der Waals surface area contributed by atoms with E-state index in [1.165, 1.54) is 0 Å². The summed E-state index contributed by atoms with van der Waals surface area (Å²) in [6.07, 6.45) is 15.4. The fourth-order valence-electron chi connectivity index (χ4n) is 4.58. The number of rotatable bonds is 10. The molecule has 1 aromatic carbocycles. The van der Waals surface area contributed by atoms with E-state index >= 15 is 0 Å². The third-order valence-electron chi connectivity index (χ3n) is 6.84. The van der Waals surface area contributed by atoms with Crippen LogP contribution in [0.3, 0.4) is 0 Å². The highest BCUT2D eigenvalue weighted by atomic mass is 32.2. The molecule has 0 spiro atoms. The SMILES string of the molecule is CC(C=O)=CC=CC=C(C)C=CC=C(C)CC(C1=C(C)C(=O)CCC1(C)C)S(=O)(=O)c1ccc(C)cc1. The minimum absolute atomic E-state index is 0.0342. The molecule has 1 aromatic rings. The molecule has 1 aliphatic carbocycles. The Labute approximate surface area is 223 Å². The average molecular weight is 521 g/mol. The zero-order chi connectivity index (χ0) is 27.8. The van der Waals surface area contributed by atoms with Crippen molar-refractivity contribution in [2.24, 2.45) is 5.41 Å². The summed E-state index contributed by atoms with van der Waals surface area (Å²) in [6.45, 7) is 13.4. The first kappa shape index (κ1) is 30.2. The molecule has 0 bridgehead atoms. The summed E-state index contributed by atoms with van der Waals surface area (Å²) in [6, 6.07) is 6.95. The predicted molar refractivity (Wildman–Crippen MR) is 153 cm³/mol. The Bertz CT molecular complexity index is 1290. The van der Waals surface area contributed by atoms with Crippen molar-refractivity contribution in [1.29, 1.82) is 0 Å². The summed E-state index contributed by atoms with van der Waals surface area (Å²) in [5, 5.41) is -0.813. The molecule has 2 rings (SSSR count). The fourth-order valence-corrected chi connectivity index (χ4v) is 6.71. The van der Waals surface area contributed by atoms with E-state index in [9.17, 15) is 18.0 Å². The highest BCUT2D eigenvalue weighted by Crippen LogP contribution is 2.45. The molecule has 0 heterocycles. The first-order valence-corrected chi connectivity index (χ1v) is 14.2. The van der Waals surface area contributed by atoms with Crippen molar-refractivity contribution in [3.63, 3.8) is 0 Å². The number of hydrogen-bond acceptors (Lipinski definition) is 4. The first-order chi connectivity index (χ1) is 17.3. The molecule has 0 radical (unpaired) electrons. The van der Waals surface area contributed by atoms with Crippen LogP contribution in [0.15, 0.2) is 99.6 Å². The van der Waals surface area contributed by atoms with Crippen LogP contribution in [0.5, 0.6) is 0 Å². The number of hydrogen-bond donors (Lipinski definition) is 0. The predicted octanol–water partition coefficient (Wildman–Crippen LogP) is 7.38. The highest BCUT2D eigenvalue weighted by molar-refractivity contribution is 7.92. The van der Waals surface area contributed by atoms with Crippen LogP contribution in [0.2, 0.25) is 0 Å². The minimum atomic E-state index is -3.73. The van der Waals surface area contributed by atoms with Crippen LogP contribution >= 0.6 is 0 Å². The number of carbonyl (C=O) groups excluding carboxylic acids is 2. The summed E-state index contributed by atoms with van der Waals surface area (Å²) in [5.41, 5.74) is 4.51. The molecule has 0 saturated heterocycles. The first-order valence-electron chi connectivity index (χ1n) is 12.7. The normalized spacial score (nSPS) is 18.7. The molecule has 198 valence electrons. The summed E-state index contributed by atoms with van der Waals surface area (Å²) in [4.78, 5) is 23.6. The molecular formula is C32H40O4S. The van der Waals surface area contributed by atoms with Gasteiger partial charge in [-0.3, -0.25) is 9.59 Å². The average Bonchev–Trinajstić information content (AvgIpc) is 2.83. The van der Waals surface area contributed by atoms with E-state index in [2.05, 4.69) is 0 Å². The molecular weight excluding hydrogens is 480 g/mol. The summed E-state index contributed by atoms with van der Waals surface area (Å²) in [5.74, 6) is 0.0342. The monoisotopic (exact) mass is 520 g/mol. The Kier molecular flexibility index (Phi) is 10.6. The van der Waals surface area contributed by atoms with Crippen molar-refractivity contribution in [3.05, 3.63) is 100 Å². The van der Waals surface area contributed by atoms with Gasteiger partial charge >= 0.3 is 0 Å². The maximum absolute atomic E-state index is 14.0. The van der Waals surface area contributed by atoms with Gasteiger partial charge in [-0.2, -0.15) is 0 Å². The quantitative estimate of drug-likeness (QED) is 0.183. The van der Waals surface area contributed by atoms with Crippen molar-refractivity contribution >= 4 is 21.9 Å². The van der Waals surface area contributed by atoms with Crippen LogP contribution in [0.25, 0.3) is 0 Å². The second-order valence-electron chi connectivity index (χ2n) is 10.6. The van der Waals surface area contributed by atoms with Gasteiger partial charge in [0.2, 0.25) is 0 Å². The smallest absolute Gasteiger partial charge is 0.185 e. The van der Waals surface area contributed by atoms with Crippen molar-refractivity contribution in [2.45, 2.75) is 77.9 Å². The number of Topliss-reactive ketones (excluding diaryl/α,β-unsaturated/α-hetero) is 1. The molecule has 0 saturated carbocycles. The van der Waals surface area contributed by atoms with Crippen molar-refractivity contribution in [1.82, 2.24) is 0 Å². The van der Waals surface area contributed by atoms with Gasteiger partial charge in [0.1, 0.15) is 6.29 Å². The Morgan fingerprint density at radius 2 is 1.54 bits per heavy atom. The lowest BCUT2D eigenvalue weighted by Gasteiger charge is -2.38. The molecule has 0 aromatic heterocycles. The number of benzene rings is 1. The molecule has 0 fully saturated rings. The Balaban J connectivity index is 2.43. The van der Waals surface area contributed by atoms with Crippen molar-refractivity contribution < 1.29 is 18.0 Å². The van der Waals surface area contributed by atoms with E-state index in [4.69, 9.17) is 0 Å². The Morgan fingerprint density at radius 3 is 2.14 bits per heavy atom. The van der Waals surface area contributed by atoms with E-state index in [0.717, 1.165) is 28.6 Å². The van der Waals surface area contributed by atoms with E-state index < -0.39 is 20.5 Å². The number of sulfone groups is 1. The minimum Gasteiger partial charge on any atom is -0.298 e.